The number of nitrogen functional groups attached to an aromatic ring is 1. The minimum Gasteiger partial charge on any atom is -0.396 e. The van der Waals surface area contributed by atoms with Crippen LogP contribution in [0.4, 0.5) is 5.69 Å². The van der Waals surface area contributed by atoms with Gasteiger partial charge < -0.3 is 15.4 Å². The van der Waals surface area contributed by atoms with Crippen LogP contribution in [0.25, 0.3) is 0 Å². The Morgan fingerprint density at radius 1 is 1.61 bits per heavy atom. The maximum atomic E-state index is 12.2. The normalized spacial score (nSPS) is 16.8. The van der Waals surface area contributed by atoms with Crippen molar-refractivity contribution in [2.75, 3.05) is 32.5 Å². The lowest BCUT2D eigenvalue weighted by molar-refractivity contribution is 0.0495. The Morgan fingerprint density at radius 2 is 2.28 bits per heavy atom. The van der Waals surface area contributed by atoms with Crippen LogP contribution >= 0.6 is 0 Å². The van der Waals surface area contributed by atoms with E-state index in [1.54, 1.807) is 29.9 Å². The number of aromatic nitrogens is 2. The van der Waals surface area contributed by atoms with Gasteiger partial charge in [-0.05, 0) is 18.8 Å². The zero-order chi connectivity index (χ0) is 13.1. The number of nitrogens with zero attached hydrogens (tertiary/aromatic N) is 3. The largest absolute Gasteiger partial charge is 0.396 e. The number of carbonyl (C=O) groups is 1. The average Bonchev–Trinajstić information content (AvgIpc) is 2.68. The van der Waals surface area contributed by atoms with Gasteiger partial charge in [0.15, 0.2) is 5.69 Å². The van der Waals surface area contributed by atoms with Gasteiger partial charge in [-0.2, -0.15) is 5.10 Å². The highest BCUT2D eigenvalue weighted by atomic mass is 16.5. The second kappa shape index (κ2) is 5.39. The van der Waals surface area contributed by atoms with E-state index < -0.39 is 0 Å². The summed E-state index contributed by atoms with van der Waals surface area (Å²) in [6.07, 6.45) is 3.67. The van der Waals surface area contributed by atoms with E-state index in [4.69, 9.17) is 10.5 Å². The van der Waals surface area contributed by atoms with Crippen molar-refractivity contribution in [2.24, 2.45) is 13.0 Å². The van der Waals surface area contributed by atoms with Gasteiger partial charge in [-0.15, -0.1) is 0 Å². The first kappa shape index (κ1) is 12.9. The van der Waals surface area contributed by atoms with Gasteiger partial charge in [-0.1, -0.05) is 0 Å². The van der Waals surface area contributed by atoms with E-state index >= 15 is 0 Å². The number of nitrogens with two attached hydrogens (primary N) is 1. The number of ether oxygens (including phenoxy) is 1. The molecule has 1 amide bonds. The predicted octanol–water partition coefficient (Wildman–Crippen LogP) is 0.501. The molecule has 18 heavy (non-hydrogen) atoms. The summed E-state index contributed by atoms with van der Waals surface area (Å²) in [4.78, 5) is 13.9. The Kier molecular flexibility index (Phi) is 3.86. The lowest BCUT2D eigenvalue weighted by Crippen LogP contribution is -2.34. The van der Waals surface area contributed by atoms with E-state index in [-0.39, 0.29) is 5.91 Å². The summed E-state index contributed by atoms with van der Waals surface area (Å²) in [5.41, 5.74) is 6.53. The van der Waals surface area contributed by atoms with Crippen molar-refractivity contribution in [3.8, 4) is 0 Å². The number of rotatable bonds is 3. The SMILES string of the molecule is CN(CC1CCOCC1)C(=O)c1nn(C)cc1N. The van der Waals surface area contributed by atoms with Crippen LogP contribution in [-0.4, -0.2) is 47.4 Å². The molecule has 6 nitrogen and oxygen atoms in total. The van der Waals surface area contributed by atoms with Crippen molar-refractivity contribution in [1.29, 1.82) is 0 Å². The van der Waals surface area contributed by atoms with Gasteiger partial charge in [0.2, 0.25) is 0 Å². The molecule has 0 aromatic carbocycles. The fourth-order valence-corrected chi connectivity index (χ4v) is 2.25. The third kappa shape index (κ3) is 2.81. The summed E-state index contributed by atoms with van der Waals surface area (Å²) in [7, 11) is 3.55. The zero-order valence-corrected chi connectivity index (χ0v) is 10.9. The highest BCUT2D eigenvalue weighted by molar-refractivity contribution is 5.96. The molecule has 0 bridgehead atoms. The Balaban J connectivity index is 1.97. The molecule has 0 aliphatic carbocycles. The quantitative estimate of drug-likeness (QED) is 0.850. The summed E-state index contributed by atoms with van der Waals surface area (Å²) in [6.45, 7) is 2.31. The molecule has 0 saturated carbocycles. The third-order valence-electron chi connectivity index (χ3n) is 3.28. The van der Waals surface area contributed by atoms with Crippen LogP contribution in [0.2, 0.25) is 0 Å². The smallest absolute Gasteiger partial charge is 0.276 e. The van der Waals surface area contributed by atoms with E-state index in [9.17, 15) is 4.79 Å². The zero-order valence-electron chi connectivity index (χ0n) is 10.9. The molecule has 0 unspecified atom stereocenters. The predicted molar refractivity (Wildman–Crippen MR) is 68.1 cm³/mol. The van der Waals surface area contributed by atoms with Gasteiger partial charge in [0, 0.05) is 40.1 Å². The summed E-state index contributed by atoms with van der Waals surface area (Å²) in [5, 5.41) is 4.10. The summed E-state index contributed by atoms with van der Waals surface area (Å²) >= 11 is 0. The molecule has 0 atom stereocenters. The minimum atomic E-state index is -0.111. The molecule has 0 radical (unpaired) electrons. The summed E-state index contributed by atoms with van der Waals surface area (Å²) in [6, 6.07) is 0. The Labute approximate surface area is 107 Å². The van der Waals surface area contributed by atoms with Gasteiger partial charge in [0.1, 0.15) is 0 Å². The van der Waals surface area contributed by atoms with E-state index in [2.05, 4.69) is 5.10 Å². The van der Waals surface area contributed by atoms with E-state index in [0.717, 1.165) is 32.6 Å². The molecular weight excluding hydrogens is 232 g/mol. The van der Waals surface area contributed by atoms with Crippen LogP contribution in [0.5, 0.6) is 0 Å². The minimum absolute atomic E-state index is 0.111. The van der Waals surface area contributed by atoms with Crippen LogP contribution in [0, 0.1) is 5.92 Å². The van der Waals surface area contributed by atoms with Crippen LogP contribution in [0.3, 0.4) is 0 Å². The first-order valence-electron chi connectivity index (χ1n) is 6.20. The number of hydrogen-bond donors (Lipinski definition) is 1. The molecule has 1 saturated heterocycles. The average molecular weight is 252 g/mol. The molecule has 100 valence electrons. The number of carbonyl (C=O) groups excluding carboxylic acids is 1. The Bertz CT molecular complexity index is 424. The maximum Gasteiger partial charge on any atom is 0.276 e. The lowest BCUT2D eigenvalue weighted by atomic mass is 10.00. The fraction of sp³-hybridized carbons (Fsp3) is 0.667. The number of hydrogen-bond acceptors (Lipinski definition) is 4. The molecule has 1 aromatic rings. The summed E-state index contributed by atoms with van der Waals surface area (Å²) in [5.74, 6) is 0.400. The van der Waals surface area contributed by atoms with Gasteiger partial charge >= 0.3 is 0 Å². The maximum absolute atomic E-state index is 12.2. The summed E-state index contributed by atoms with van der Waals surface area (Å²) < 4.78 is 6.87. The van der Waals surface area contributed by atoms with Crippen molar-refractivity contribution in [1.82, 2.24) is 14.7 Å². The topological polar surface area (TPSA) is 73.4 Å². The lowest BCUT2D eigenvalue weighted by Gasteiger charge is -2.26. The van der Waals surface area contributed by atoms with Gasteiger partial charge in [-0.3, -0.25) is 9.48 Å². The van der Waals surface area contributed by atoms with E-state index in [0.29, 0.717) is 17.3 Å². The van der Waals surface area contributed by atoms with E-state index in [1.807, 2.05) is 0 Å². The Morgan fingerprint density at radius 3 is 2.83 bits per heavy atom. The fourth-order valence-electron chi connectivity index (χ4n) is 2.25. The highest BCUT2D eigenvalue weighted by Crippen LogP contribution is 2.17. The third-order valence-corrected chi connectivity index (χ3v) is 3.28. The second-order valence-electron chi connectivity index (χ2n) is 4.85. The second-order valence-corrected chi connectivity index (χ2v) is 4.85. The van der Waals surface area contributed by atoms with Crippen LogP contribution in [0.15, 0.2) is 6.20 Å². The molecule has 2 N–H and O–H groups in total. The van der Waals surface area contributed by atoms with Crippen molar-refractivity contribution < 1.29 is 9.53 Å². The van der Waals surface area contributed by atoms with Crippen molar-refractivity contribution in [2.45, 2.75) is 12.8 Å². The van der Waals surface area contributed by atoms with Crippen molar-refractivity contribution in [3.05, 3.63) is 11.9 Å². The van der Waals surface area contributed by atoms with Crippen LogP contribution < -0.4 is 5.73 Å². The van der Waals surface area contributed by atoms with Crippen molar-refractivity contribution >= 4 is 11.6 Å². The van der Waals surface area contributed by atoms with Gasteiger partial charge in [0.25, 0.3) is 5.91 Å². The Hall–Kier alpha value is -1.56. The molecule has 2 rings (SSSR count). The molecule has 2 heterocycles. The molecule has 6 heteroatoms. The molecule has 0 spiro atoms. The first-order valence-corrected chi connectivity index (χ1v) is 6.20. The molecule has 1 fully saturated rings. The van der Waals surface area contributed by atoms with Crippen LogP contribution in [0.1, 0.15) is 23.3 Å². The first-order chi connectivity index (χ1) is 8.58. The van der Waals surface area contributed by atoms with Gasteiger partial charge in [0.05, 0.1) is 5.69 Å². The van der Waals surface area contributed by atoms with E-state index in [1.165, 1.54) is 0 Å². The molecule has 1 aromatic heterocycles. The number of amides is 1. The van der Waals surface area contributed by atoms with Crippen LogP contribution in [-0.2, 0) is 11.8 Å². The monoisotopic (exact) mass is 252 g/mol. The highest BCUT2D eigenvalue weighted by Gasteiger charge is 2.22. The van der Waals surface area contributed by atoms with Crippen molar-refractivity contribution in [3.63, 3.8) is 0 Å². The molecule has 1 aliphatic rings. The molecular formula is C12H20N4O2. The number of aryl methyl sites for hydroxylation is 1. The number of anilines is 1. The standard InChI is InChI=1S/C12H20N4O2/c1-15(7-9-3-5-18-6-4-9)12(17)11-10(13)8-16(2)14-11/h8-9H,3-7,13H2,1-2H3. The van der Waals surface area contributed by atoms with Gasteiger partial charge in [-0.25, -0.2) is 0 Å². The molecule has 1 aliphatic heterocycles.